The Bertz CT molecular complexity index is 1320. The van der Waals surface area contributed by atoms with E-state index in [9.17, 15) is 4.79 Å². The molecular weight excluding hydrogens is 506 g/mol. The molecule has 0 saturated carbocycles. The highest BCUT2D eigenvalue weighted by Crippen LogP contribution is 2.37. The zero-order chi connectivity index (χ0) is 24.6. The smallest absolute Gasteiger partial charge is 0.271 e. The predicted octanol–water partition coefficient (Wildman–Crippen LogP) is 6.29. The number of aromatic nitrogens is 1. The third kappa shape index (κ3) is 6.19. The fourth-order valence-electron chi connectivity index (χ4n) is 3.51. The summed E-state index contributed by atoms with van der Waals surface area (Å²) < 4.78 is 14.6. The van der Waals surface area contributed by atoms with Crippen LogP contribution in [-0.2, 0) is 6.61 Å². The van der Waals surface area contributed by atoms with Crippen LogP contribution >= 0.6 is 15.9 Å². The van der Waals surface area contributed by atoms with E-state index in [0.717, 1.165) is 21.3 Å². The summed E-state index contributed by atoms with van der Waals surface area (Å²) in [6, 6.07) is 23.0. The van der Waals surface area contributed by atoms with Gasteiger partial charge in [0.15, 0.2) is 11.5 Å². The van der Waals surface area contributed by atoms with E-state index in [1.807, 2.05) is 78.5 Å². The van der Waals surface area contributed by atoms with Crippen molar-refractivity contribution in [1.29, 1.82) is 0 Å². The Morgan fingerprint density at radius 1 is 1.03 bits per heavy atom. The number of amides is 1. The summed E-state index contributed by atoms with van der Waals surface area (Å²) in [5, 5.41) is 4.12. The maximum Gasteiger partial charge on any atom is 0.271 e. The highest BCUT2D eigenvalue weighted by atomic mass is 79.9. The third-order valence-corrected chi connectivity index (χ3v) is 5.97. The SMILES string of the molecule is CCOc1cc(/C=N/NC(=O)c2ccc(-n3cccc3)cc2)cc(Br)c1OCc1ccccc1C. The van der Waals surface area contributed by atoms with Gasteiger partial charge in [0.05, 0.1) is 17.3 Å². The van der Waals surface area contributed by atoms with Crippen molar-refractivity contribution in [2.75, 3.05) is 6.61 Å². The molecule has 0 fully saturated rings. The normalized spacial score (nSPS) is 10.9. The van der Waals surface area contributed by atoms with Crippen molar-refractivity contribution in [3.05, 3.63) is 112 Å². The summed E-state index contributed by atoms with van der Waals surface area (Å²) in [6.45, 7) is 4.89. The average Bonchev–Trinajstić information content (AvgIpc) is 3.40. The second-order valence-corrected chi connectivity index (χ2v) is 8.67. The van der Waals surface area contributed by atoms with Crippen LogP contribution in [0.4, 0.5) is 0 Å². The molecule has 7 heteroatoms. The number of nitrogens with one attached hydrogen (secondary N) is 1. The molecule has 1 amide bonds. The molecule has 0 radical (unpaired) electrons. The van der Waals surface area contributed by atoms with E-state index in [2.05, 4.69) is 39.4 Å². The second-order valence-electron chi connectivity index (χ2n) is 7.81. The van der Waals surface area contributed by atoms with Crippen LogP contribution in [0.1, 0.15) is 34.0 Å². The van der Waals surface area contributed by atoms with Crippen LogP contribution in [0.5, 0.6) is 11.5 Å². The van der Waals surface area contributed by atoms with Crippen LogP contribution in [0.25, 0.3) is 5.69 Å². The number of benzene rings is 3. The standard InChI is InChI=1S/C28H26BrN3O3/c1-3-34-26-17-21(16-25(29)27(26)35-19-23-9-5-4-8-20(23)2)18-30-31-28(33)22-10-12-24(13-11-22)32-14-6-7-15-32/h4-18H,3,19H2,1-2H3,(H,31,33)/b30-18+. The molecule has 1 aromatic heterocycles. The fourth-order valence-corrected chi connectivity index (χ4v) is 4.08. The van der Waals surface area contributed by atoms with Gasteiger partial charge in [-0.05, 0) is 95.0 Å². The Hall–Kier alpha value is -3.84. The number of nitrogens with zero attached hydrogens (tertiary/aromatic N) is 2. The first-order chi connectivity index (χ1) is 17.0. The van der Waals surface area contributed by atoms with Crippen molar-refractivity contribution in [2.24, 2.45) is 5.10 Å². The van der Waals surface area contributed by atoms with Gasteiger partial charge in [-0.15, -0.1) is 0 Å². The lowest BCUT2D eigenvalue weighted by atomic mass is 10.1. The van der Waals surface area contributed by atoms with Crippen molar-refractivity contribution in [2.45, 2.75) is 20.5 Å². The van der Waals surface area contributed by atoms with Gasteiger partial charge in [0, 0.05) is 23.6 Å². The minimum atomic E-state index is -0.289. The molecule has 178 valence electrons. The highest BCUT2D eigenvalue weighted by molar-refractivity contribution is 9.10. The summed E-state index contributed by atoms with van der Waals surface area (Å²) in [4.78, 5) is 12.5. The number of carbonyl (C=O) groups is 1. The van der Waals surface area contributed by atoms with Gasteiger partial charge in [-0.3, -0.25) is 4.79 Å². The predicted molar refractivity (Wildman–Crippen MR) is 142 cm³/mol. The molecule has 35 heavy (non-hydrogen) atoms. The van der Waals surface area contributed by atoms with Gasteiger partial charge in [0.25, 0.3) is 5.91 Å². The van der Waals surface area contributed by atoms with Crippen LogP contribution in [0, 0.1) is 6.92 Å². The Balaban J connectivity index is 1.43. The molecule has 0 unspecified atom stereocenters. The third-order valence-electron chi connectivity index (χ3n) is 5.38. The van der Waals surface area contributed by atoms with Gasteiger partial charge in [-0.1, -0.05) is 24.3 Å². The number of aryl methyl sites for hydroxylation is 1. The Kier molecular flexibility index (Phi) is 8.00. The fraction of sp³-hybridized carbons (Fsp3) is 0.143. The number of carbonyl (C=O) groups excluding carboxylic acids is 1. The lowest BCUT2D eigenvalue weighted by molar-refractivity contribution is 0.0955. The van der Waals surface area contributed by atoms with Crippen molar-refractivity contribution < 1.29 is 14.3 Å². The number of halogens is 1. The monoisotopic (exact) mass is 531 g/mol. The van der Waals surface area contributed by atoms with Crippen molar-refractivity contribution in [3.63, 3.8) is 0 Å². The topological polar surface area (TPSA) is 64.8 Å². The van der Waals surface area contributed by atoms with Crippen molar-refractivity contribution in [1.82, 2.24) is 9.99 Å². The molecule has 0 aliphatic heterocycles. The van der Waals surface area contributed by atoms with Crippen LogP contribution in [0.15, 0.2) is 94.8 Å². The van der Waals surface area contributed by atoms with Gasteiger partial charge >= 0.3 is 0 Å². The van der Waals surface area contributed by atoms with E-state index in [4.69, 9.17) is 9.47 Å². The van der Waals surface area contributed by atoms with Gasteiger partial charge in [0.1, 0.15) is 6.61 Å². The molecule has 0 spiro atoms. The van der Waals surface area contributed by atoms with Gasteiger partial charge in [0.2, 0.25) is 0 Å². The Morgan fingerprint density at radius 3 is 2.49 bits per heavy atom. The van der Waals surface area contributed by atoms with Gasteiger partial charge < -0.3 is 14.0 Å². The first kappa shape index (κ1) is 24.3. The molecule has 1 N–H and O–H groups in total. The van der Waals surface area contributed by atoms with Crippen molar-refractivity contribution in [3.8, 4) is 17.2 Å². The number of rotatable bonds is 9. The molecule has 1 heterocycles. The molecule has 0 saturated heterocycles. The van der Waals surface area contributed by atoms with E-state index in [1.165, 1.54) is 5.56 Å². The first-order valence-corrected chi connectivity index (χ1v) is 12.0. The molecule has 6 nitrogen and oxygen atoms in total. The van der Waals surface area contributed by atoms with E-state index in [0.29, 0.717) is 30.3 Å². The number of hydrogen-bond donors (Lipinski definition) is 1. The Labute approximate surface area is 213 Å². The van der Waals surface area contributed by atoms with E-state index in [1.54, 1.807) is 18.3 Å². The maximum absolute atomic E-state index is 12.5. The Morgan fingerprint density at radius 2 is 1.77 bits per heavy atom. The lowest BCUT2D eigenvalue weighted by Gasteiger charge is -2.15. The van der Waals surface area contributed by atoms with E-state index >= 15 is 0 Å². The molecule has 3 aromatic carbocycles. The summed E-state index contributed by atoms with van der Waals surface area (Å²) >= 11 is 3.58. The molecule has 4 aromatic rings. The van der Waals surface area contributed by atoms with Crippen LogP contribution in [-0.4, -0.2) is 23.3 Å². The number of hydrogen-bond acceptors (Lipinski definition) is 4. The molecule has 0 bridgehead atoms. The molecule has 0 aliphatic rings. The van der Waals surface area contributed by atoms with E-state index in [-0.39, 0.29) is 5.91 Å². The summed E-state index contributed by atoms with van der Waals surface area (Å²) in [6.07, 6.45) is 5.48. The average molecular weight is 532 g/mol. The second kappa shape index (κ2) is 11.5. The lowest BCUT2D eigenvalue weighted by Crippen LogP contribution is -2.17. The quantitative estimate of drug-likeness (QED) is 0.204. The minimum Gasteiger partial charge on any atom is -0.490 e. The summed E-state index contributed by atoms with van der Waals surface area (Å²) in [5.74, 6) is 0.936. The molecule has 0 aliphatic carbocycles. The first-order valence-electron chi connectivity index (χ1n) is 11.3. The highest BCUT2D eigenvalue weighted by Gasteiger charge is 2.13. The van der Waals surface area contributed by atoms with Crippen molar-refractivity contribution >= 4 is 28.1 Å². The number of hydrazone groups is 1. The van der Waals surface area contributed by atoms with Crippen LogP contribution < -0.4 is 14.9 Å². The molecule has 0 atom stereocenters. The largest absolute Gasteiger partial charge is 0.490 e. The van der Waals surface area contributed by atoms with Crippen LogP contribution in [0.2, 0.25) is 0 Å². The summed E-state index contributed by atoms with van der Waals surface area (Å²) in [5.41, 5.74) is 7.11. The maximum atomic E-state index is 12.5. The summed E-state index contributed by atoms with van der Waals surface area (Å²) in [7, 11) is 0. The minimum absolute atomic E-state index is 0.289. The molecule has 4 rings (SSSR count). The van der Waals surface area contributed by atoms with Gasteiger partial charge in [-0.25, -0.2) is 5.43 Å². The van der Waals surface area contributed by atoms with Gasteiger partial charge in [-0.2, -0.15) is 5.10 Å². The molecular formula is C28H26BrN3O3. The van der Waals surface area contributed by atoms with Crippen LogP contribution in [0.3, 0.4) is 0 Å². The van der Waals surface area contributed by atoms with E-state index < -0.39 is 0 Å². The zero-order valence-electron chi connectivity index (χ0n) is 19.6. The number of ether oxygens (including phenoxy) is 2. The zero-order valence-corrected chi connectivity index (χ0v) is 21.2.